The van der Waals surface area contributed by atoms with E-state index in [9.17, 15) is 9.50 Å². The molecule has 0 radical (unpaired) electrons. The van der Waals surface area contributed by atoms with Crippen molar-refractivity contribution in [2.24, 2.45) is 0 Å². The lowest BCUT2D eigenvalue weighted by Crippen LogP contribution is -2.03. The van der Waals surface area contributed by atoms with Gasteiger partial charge in [0, 0.05) is 15.9 Å². The smallest absolute Gasteiger partial charge is 0.137 e. The molecule has 0 heterocycles. The third-order valence-corrected chi connectivity index (χ3v) is 4.28. The van der Waals surface area contributed by atoms with Crippen molar-refractivity contribution in [2.45, 2.75) is 12.5 Å². The second-order valence-electron chi connectivity index (χ2n) is 4.14. The predicted molar refractivity (Wildman–Crippen MR) is 81.9 cm³/mol. The maximum Gasteiger partial charge on any atom is 0.137 e. The van der Waals surface area contributed by atoms with Crippen LogP contribution in [0.2, 0.25) is 5.02 Å². The fourth-order valence-electron chi connectivity index (χ4n) is 1.80. The lowest BCUT2D eigenvalue weighted by atomic mass is 10.0. The molecule has 2 aromatic carbocycles. The van der Waals surface area contributed by atoms with Crippen LogP contribution in [0.5, 0.6) is 0 Å². The van der Waals surface area contributed by atoms with Crippen molar-refractivity contribution in [3.63, 3.8) is 0 Å². The van der Waals surface area contributed by atoms with E-state index in [1.807, 2.05) is 0 Å². The van der Waals surface area contributed by atoms with Crippen LogP contribution in [0.1, 0.15) is 17.2 Å². The molecule has 1 unspecified atom stereocenters. The van der Waals surface area contributed by atoms with E-state index in [0.29, 0.717) is 27.0 Å². The average Bonchev–Trinajstić information content (AvgIpc) is 2.33. The summed E-state index contributed by atoms with van der Waals surface area (Å²) in [5, 5.41) is 10.8. The second-order valence-corrected chi connectivity index (χ2v) is 6.28. The van der Waals surface area contributed by atoms with Gasteiger partial charge in [0.05, 0.1) is 10.6 Å². The first-order chi connectivity index (χ1) is 8.97. The number of halogens is 4. The lowest BCUT2D eigenvalue weighted by molar-refractivity contribution is 0.178. The molecular formula is C14H10Br2ClFO. The van der Waals surface area contributed by atoms with Crippen molar-refractivity contribution in [3.8, 4) is 0 Å². The normalized spacial score (nSPS) is 12.5. The maximum absolute atomic E-state index is 13.4. The fourth-order valence-corrected chi connectivity index (χ4v) is 3.11. The summed E-state index contributed by atoms with van der Waals surface area (Å²) in [6.07, 6.45) is -0.432. The molecule has 2 rings (SSSR count). The van der Waals surface area contributed by atoms with Crippen molar-refractivity contribution in [1.29, 1.82) is 0 Å². The first-order valence-corrected chi connectivity index (χ1v) is 7.50. The van der Waals surface area contributed by atoms with E-state index >= 15 is 0 Å². The quantitative estimate of drug-likeness (QED) is 0.733. The second kappa shape index (κ2) is 6.35. The molecule has 19 heavy (non-hydrogen) atoms. The van der Waals surface area contributed by atoms with Crippen LogP contribution in [0.3, 0.4) is 0 Å². The molecule has 100 valence electrons. The van der Waals surface area contributed by atoms with Crippen LogP contribution in [-0.4, -0.2) is 5.11 Å². The molecule has 2 aromatic rings. The summed E-state index contributed by atoms with van der Waals surface area (Å²) in [5.74, 6) is -0.336. The van der Waals surface area contributed by atoms with Crippen molar-refractivity contribution in [3.05, 3.63) is 67.3 Å². The van der Waals surface area contributed by atoms with Gasteiger partial charge in [-0.3, -0.25) is 0 Å². The minimum absolute atomic E-state index is 0.311. The Balaban J connectivity index is 2.25. The molecule has 1 nitrogen and oxygen atoms in total. The summed E-state index contributed by atoms with van der Waals surface area (Å²) in [6.45, 7) is 0. The molecule has 0 bridgehead atoms. The van der Waals surface area contributed by atoms with Gasteiger partial charge >= 0.3 is 0 Å². The number of hydrogen-bond acceptors (Lipinski definition) is 1. The molecule has 0 aliphatic carbocycles. The van der Waals surface area contributed by atoms with E-state index in [1.54, 1.807) is 30.3 Å². The van der Waals surface area contributed by atoms with Crippen LogP contribution in [0.15, 0.2) is 45.3 Å². The maximum atomic E-state index is 13.4. The first-order valence-electron chi connectivity index (χ1n) is 5.54. The molecule has 0 spiro atoms. The van der Waals surface area contributed by atoms with Crippen LogP contribution < -0.4 is 0 Å². The summed E-state index contributed by atoms with van der Waals surface area (Å²) >= 11 is 12.5. The average molecular weight is 408 g/mol. The zero-order valence-electron chi connectivity index (χ0n) is 9.71. The molecule has 0 aliphatic heterocycles. The SMILES string of the molecule is OC(Cc1cccc(F)c1Br)c1cc(Cl)cc(Br)c1. The lowest BCUT2D eigenvalue weighted by Gasteiger charge is -2.13. The van der Waals surface area contributed by atoms with Gasteiger partial charge in [-0.1, -0.05) is 39.7 Å². The van der Waals surface area contributed by atoms with Crippen molar-refractivity contribution in [2.75, 3.05) is 0 Å². The van der Waals surface area contributed by atoms with Gasteiger partial charge in [0.25, 0.3) is 0 Å². The van der Waals surface area contributed by atoms with Crippen LogP contribution in [0, 0.1) is 5.82 Å². The molecule has 0 saturated heterocycles. The Morgan fingerprint density at radius 3 is 2.63 bits per heavy atom. The number of aliphatic hydroxyl groups is 1. The van der Waals surface area contributed by atoms with Gasteiger partial charge in [-0.2, -0.15) is 0 Å². The first kappa shape index (κ1) is 15.0. The van der Waals surface area contributed by atoms with E-state index in [4.69, 9.17) is 11.6 Å². The standard InChI is InChI=1S/C14H10Br2ClFO/c15-10-4-9(5-11(17)7-10)13(19)6-8-2-1-3-12(18)14(8)16/h1-5,7,13,19H,6H2. The Morgan fingerprint density at radius 1 is 1.21 bits per heavy atom. The summed E-state index contributed by atoms with van der Waals surface area (Å²) in [7, 11) is 0. The van der Waals surface area contributed by atoms with Gasteiger partial charge in [-0.25, -0.2) is 4.39 Å². The van der Waals surface area contributed by atoms with Crippen LogP contribution >= 0.6 is 43.5 Å². The van der Waals surface area contributed by atoms with E-state index in [2.05, 4.69) is 31.9 Å². The molecule has 1 N–H and O–H groups in total. The van der Waals surface area contributed by atoms with Gasteiger partial charge in [0.2, 0.25) is 0 Å². The molecule has 0 amide bonds. The number of rotatable bonds is 3. The van der Waals surface area contributed by atoms with Crippen molar-refractivity contribution >= 4 is 43.5 Å². The molecule has 0 aliphatic rings. The van der Waals surface area contributed by atoms with Gasteiger partial charge in [0.15, 0.2) is 0 Å². The summed E-state index contributed by atoms with van der Waals surface area (Å²) in [6, 6.07) is 10.0. The van der Waals surface area contributed by atoms with E-state index < -0.39 is 6.10 Å². The van der Waals surface area contributed by atoms with E-state index in [0.717, 1.165) is 4.47 Å². The minimum Gasteiger partial charge on any atom is -0.388 e. The number of benzene rings is 2. The van der Waals surface area contributed by atoms with Crippen LogP contribution in [-0.2, 0) is 6.42 Å². The zero-order chi connectivity index (χ0) is 14.0. The Kier molecular flexibility index (Phi) is 5.01. The summed E-state index contributed by atoms with van der Waals surface area (Å²) in [5.41, 5.74) is 1.40. The molecule has 0 aromatic heterocycles. The highest BCUT2D eigenvalue weighted by Crippen LogP contribution is 2.29. The van der Waals surface area contributed by atoms with Crippen LogP contribution in [0.25, 0.3) is 0 Å². The fraction of sp³-hybridized carbons (Fsp3) is 0.143. The Labute approximate surface area is 132 Å². The third-order valence-electron chi connectivity index (χ3n) is 2.71. The Morgan fingerprint density at radius 2 is 1.95 bits per heavy atom. The number of hydrogen-bond donors (Lipinski definition) is 1. The molecular weight excluding hydrogens is 398 g/mol. The molecule has 1 atom stereocenters. The highest BCUT2D eigenvalue weighted by Gasteiger charge is 2.13. The third kappa shape index (κ3) is 3.78. The summed E-state index contributed by atoms with van der Waals surface area (Å²) in [4.78, 5) is 0. The number of aliphatic hydroxyl groups excluding tert-OH is 1. The van der Waals surface area contributed by atoms with Crippen molar-refractivity contribution in [1.82, 2.24) is 0 Å². The molecule has 0 saturated carbocycles. The van der Waals surface area contributed by atoms with Crippen LogP contribution in [0.4, 0.5) is 4.39 Å². The van der Waals surface area contributed by atoms with Crippen molar-refractivity contribution < 1.29 is 9.50 Å². The highest BCUT2D eigenvalue weighted by atomic mass is 79.9. The van der Waals surface area contributed by atoms with Gasteiger partial charge in [-0.05, 0) is 51.3 Å². The van der Waals surface area contributed by atoms with Gasteiger partial charge in [0.1, 0.15) is 5.82 Å². The van der Waals surface area contributed by atoms with E-state index in [-0.39, 0.29) is 5.82 Å². The molecule has 5 heteroatoms. The van der Waals surface area contributed by atoms with E-state index in [1.165, 1.54) is 6.07 Å². The largest absolute Gasteiger partial charge is 0.388 e. The Bertz CT molecular complexity index is 584. The Hall–Kier alpha value is -0.420. The predicted octanol–water partition coefficient (Wildman–Crippen LogP) is 5.28. The highest BCUT2D eigenvalue weighted by molar-refractivity contribution is 9.10. The van der Waals surface area contributed by atoms with Gasteiger partial charge < -0.3 is 5.11 Å². The topological polar surface area (TPSA) is 20.2 Å². The summed E-state index contributed by atoms with van der Waals surface area (Å²) < 4.78 is 14.6. The molecule has 0 fully saturated rings. The minimum atomic E-state index is -0.742. The monoisotopic (exact) mass is 406 g/mol. The zero-order valence-corrected chi connectivity index (χ0v) is 13.6. The van der Waals surface area contributed by atoms with Gasteiger partial charge in [-0.15, -0.1) is 0 Å².